The van der Waals surface area contributed by atoms with Crippen LogP contribution in [0.1, 0.15) is 23.6 Å². The van der Waals surface area contributed by atoms with Gasteiger partial charge in [-0.2, -0.15) is 0 Å². The summed E-state index contributed by atoms with van der Waals surface area (Å²) >= 11 is 9.50. The number of carbonyl (C=O) groups is 2. The molecule has 0 aromatic heterocycles. The summed E-state index contributed by atoms with van der Waals surface area (Å²) in [6.45, 7) is 3.57. The first-order chi connectivity index (χ1) is 21.5. The number of anilines is 1. The number of ether oxygens (including phenoxy) is 1. The zero-order chi connectivity index (χ0) is 32.6. The molecule has 0 saturated carbocycles. The highest BCUT2D eigenvalue weighted by Crippen LogP contribution is 2.31. The molecule has 0 saturated heterocycles. The van der Waals surface area contributed by atoms with Crippen molar-refractivity contribution >= 4 is 55.1 Å². The molecule has 2 amide bonds. The number of benzene rings is 4. The Morgan fingerprint density at radius 2 is 1.60 bits per heavy atom. The lowest BCUT2D eigenvalue weighted by Crippen LogP contribution is -2.53. The number of methoxy groups -OCH3 is 1. The van der Waals surface area contributed by atoms with Crippen molar-refractivity contribution in [2.24, 2.45) is 0 Å². The fourth-order valence-corrected chi connectivity index (χ4v) is 7.07. The van der Waals surface area contributed by atoms with Gasteiger partial charge in [0.15, 0.2) is 0 Å². The fourth-order valence-electron chi connectivity index (χ4n) is 4.81. The molecule has 4 rings (SSSR count). The molecule has 236 valence electrons. The summed E-state index contributed by atoms with van der Waals surface area (Å²) in [6, 6.07) is 26.8. The van der Waals surface area contributed by atoms with Gasteiger partial charge in [-0.3, -0.25) is 13.9 Å². The molecule has 1 N–H and O–H groups in total. The maximum absolute atomic E-state index is 14.4. The number of hydrogen-bond donors (Lipinski definition) is 1. The Morgan fingerprint density at radius 1 is 0.933 bits per heavy atom. The molecule has 1 atom stereocenters. The SMILES string of the molecule is CCNC(=O)[C@@H](Cc1ccccc1)N(Cc1ccc(Cl)cc1)C(=O)CN(c1ccc(C)cc1)S(=O)(=O)c1ccc(OC)c(Br)c1. The summed E-state index contributed by atoms with van der Waals surface area (Å²) in [5.74, 6) is -0.423. The first-order valence-corrected chi connectivity index (χ1v) is 16.9. The van der Waals surface area contributed by atoms with Crippen molar-refractivity contribution in [3.63, 3.8) is 0 Å². The zero-order valence-corrected chi connectivity index (χ0v) is 28.4. The van der Waals surface area contributed by atoms with Crippen molar-refractivity contribution < 1.29 is 22.7 Å². The quantitative estimate of drug-likeness (QED) is 0.173. The number of amides is 2. The topological polar surface area (TPSA) is 96.0 Å². The van der Waals surface area contributed by atoms with Gasteiger partial charge in [0.05, 0.1) is 22.2 Å². The Kier molecular flexibility index (Phi) is 11.7. The van der Waals surface area contributed by atoms with Crippen molar-refractivity contribution in [1.82, 2.24) is 10.2 Å². The second kappa shape index (κ2) is 15.4. The van der Waals surface area contributed by atoms with Gasteiger partial charge in [-0.05, 0) is 83.4 Å². The van der Waals surface area contributed by atoms with E-state index in [1.807, 2.05) is 44.2 Å². The second-order valence-corrected chi connectivity index (χ2v) is 13.5. The summed E-state index contributed by atoms with van der Waals surface area (Å²) in [6.07, 6.45) is 0.231. The highest BCUT2D eigenvalue weighted by Gasteiger charge is 2.34. The van der Waals surface area contributed by atoms with Crippen molar-refractivity contribution in [2.75, 3.05) is 24.5 Å². The third-order valence-electron chi connectivity index (χ3n) is 7.20. The smallest absolute Gasteiger partial charge is 0.264 e. The molecule has 0 spiro atoms. The van der Waals surface area contributed by atoms with Crippen LogP contribution in [0, 0.1) is 6.92 Å². The molecule has 11 heteroatoms. The standard InChI is InChI=1S/C34H35BrClN3O5S/c1-4-37-34(41)31(20-25-8-6-5-7-9-25)38(22-26-12-14-27(36)15-13-26)33(40)23-39(28-16-10-24(2)11-17-28)45(42,43)29-18-19-32(44-3)30(35)21-29/h5-19,21,31H,4,20,22-23H2,1-3H3,(H,37,41)/t31-/m1/s1. The number of nitrogens with zero attached hydrogens (tertiary/aromatic N) is 2. The normalized spacial score (nSPS) is 11.8. The molecule has 0 radical (unpaired) electrons. The van der Waals surface area contributed by atoms with Crippen LogP contribution in [0.25, 0.3) is 0 Å². The van der Waals surface area contributed by atoms with E-state index in [9.17, 15) is 18.0 Å². The number of likely N-dealkylation sites (N-methyl/N-ethyl adjacent to an activating group) is 1. The molecular weight excluding hydrogens is 678 g/mol. The Morgan fingerprint density at radius 3 is 2.20 bits per heavy atom. The molecule has 0 aliphatic heterocycles. The Balaban J connectivity index is 1.80. The zero-order valence-electron chi connectivity index (χ0n) is 25.2. The van der Waals surface area contributed by atoms with Crippen LogP contribution in [0.3, 0.4) is 0 Å². The van der Waals surface area contributed by atoms with Crippen molar-refractivity contribution in [3.05, 3.63) is 123 Å². The number of carbonyl (C=O) groups excluding carboxylic acids is 2. The predicted octanol–water partition coefficient (Wildman–Crippen LogP) is 6.39. The number of sulfonamides is 1. The molecule has 0 aliphatic carbocycles. The molecule has 0 fully saturated rings. The van der Waals surface area contributed by atoms with Gasteiger partial charge in [0.2, 0.25) is 11.8 Å². The minimum Gasteiger partial charge on any atom is -0.496 e. The van der Waals surface area contributed by atoms with E-state index in [-0.39, 0.29) is 23.8 Å². The number of aryl methyl sites for hydroxylation is 1. The average Bonchev–Trinajstić information content (AvgIpc) is 3.03. The van der Waals surface area contributed by atoms with Gasteiger partial charge >= 0.3 is 0 Å². The summed E-state index contributed by atoms with van der Waals surface area (Å²) in [5.41, 5.74) is 2.83. The lowest BCUT2D eigenvalue weighted by molar-refractivity contribution is -0.140. The van der Waals surface area contributed by atoms with Gasteiger partial charge < -0.3 is 15.0 Å². The van der Waals surface area contributed by atoms with Gasteiger partial charge in [-0.25, -0.2) is 8.42 Å². The van der Waals surface area contributed by atoms with Gasteiger partial charge in [0.1, 0.15) is 18.3 Å². The van der Waals surface area contributed by atoms with Gasteiger partial charge in [0, 0.05) is 24.5 Å². The first kappa shape index (κ1) is 34.0. The molecular formula is C34H35BrClN3O5S. The van der Waals surface area contributed by atoms with Crippen LogP contribution in [-0.2, 0) is 32.6 Å². The van der Waals surface area contributed by atoms with E-state index in [1.54, 1.807) is 54.6 Å². The highest BCUT2D eigenvalue weighted by molar-refractivity contribution is 9.10. The Bertz CT molecular complexity index is 1720. The van der Waals surface area contributed by atoms with Crippen molar-refractivity contribution in [1.29, 1.82) is 0 Å². The molecule has 0 bridgehead atoms. The number of nitrogens with one attached hydrogen (secondary N) is 1. The molecule has 4 aromatic carbocycles. The third-order valence-corrected chi connectivity index (χ3v) is 9.84. The van der Waals surface area contributed by atoms with E-state index in [1.165, 1.54) is 24.1 Å². The fraction of sp³-hybridized carbons (Fsp3) is 0.235. The molecule has 4 aromatic rings. The maximum Gasteiger partial charge on any atom is 0.264 e. The maximum atomic E-state index is 14.4. The summed E-state index contributed by atoms with van der Waals surface area (Å²) in [4.78, 5) is 29.4. The van der Waals surface area contributed by atoms with Gasteiger partial charge in [0.25, 0.3) is 10.0 Å². The van der Waals surface area contributed by atoms with Crippen molar-refractivity contribution in [2.45, 2.75) is 37.8 Å². The first-order valence-electron chi connectivity index (χ1n) is 14.3. The Hall–Kier alpha value is -3.86. The monoisotopic (exact) mass is 711 g/mol. The minimum absolute atomic E-state index is 0.0302. The summed E-state index contributed by atoms with van der Waals surface area (Å²) < 4.78 is 35.3. The summed E-state index contributed by atoms with van der Waals surface area (Å²) in [7, 11) is -2.77. The van der Waals surface area contributed by atoms with E-state index >= 15 is 0 Å². The Labute approximate surface area is 278 Å². The van der Waals surface area contributed by atoms with Crippen LogP contribution in [0.2, 0.25) is 5.02 Å². The van der Waals surface area contributed by atoms with Crippen LogP contribution in [0.5, 0.6) is 5.75 Å². The average molecular weight is 713 g/mol. The largest absolute Gasteiger partial charge is 0.496 e. The molecule has 0 aliphatic rings. The molecule has 45 heavy (non-hydrogen) atoms. The van der Waals surface area contributed by atoms with Crippen LogP contribution in [0.4, 0.5) is 5.69 Å². The van der Waals surface area contributed by atoms with E-state index in [2.05, 4.69) is 21.2 Å². The van der Waals surface area contributed by atoms with Gasteiger partial charge in [-0.15, -0.1) is 0 Å². The minimum atomic E-state index is -4.25. The van der Waals surface area contributed by atoms with E-state index in [0.717, 1.165) is 21.0 Å². The number of rotatable bonds is 13. The molecule has 8 nitrogen and oxygen atoms in total. The van der Waals surface area contributed by atoms with E-state index < -0.39 is 28.5 Å². The lowest BCUT2D eigenvalue weighted by Gasteiger charge is -2.34. The van der Waals surface area contributed by atoms with E-state index in [0.29, 0.717) is 27.5 Å². The highest BCUT2D eigenvalue weighted by atomic mass is 79.9. The predicted molar refractivity (Wildman–Crippen MR) is 181 cm³/mol. The van der Waals surface area contributed by atoms with Crippen LogP contribution < -0.4 is 14.4 Å². The third kappa shape index (κ3) is 8.65. The second-order valence-electron chi connectivity index (χ2n) is 10.4. The van der Waals surface area contributed by atoms with Gasteiger partial charge in [-0.1, -0.05) is 71.8 Å². The summed E-state index contributed by atoms with van der Waals surface area (Å²) in [5, 5.41) is 3.39. The lowest BCUT2D eigenvalue weighted by atomic mass is 10.0. The molecule has 0 unspecified atom stereocenters. The van der Waals surface area contributed by atoms with Crippen molar-refractivity contribution in [3.8, 4) is 5.75 Å². The van der Waals surface area contributed by atoms with Crippen LogP contribution >= 0.6 is 27.5 Å². The van der Waals surface area contributed by atoms with Crippen LogP contribution in [0.15, 0.2) is 106 Å². The number of hydrogen-bond acceptors (Lipinski definition) is 5. The van der Waals surface area contributed by atoms with Crippen LogP contribution in [-0.4, -0.2) is 51.4 Å². The molecule has 0 heterocycles. The number of halogens is 2. The van der Waals surface area contributed by atoms with E-state index in [4.69, 9.17) is 16.3 Å².